The zero-order chi connectivity index (χ0) is 15.7. The summed E-state index contributed by atoms with van der Waals surface area (Å²) < 4.78 is 0. The fraction of sp³-hybridized carbons (Fsp3) is 0.118. The first-order valence-corrected chi connectivity index (χ1v) is 7.60. The molecule has 3 aromatic rings. The van der Waals surface area contributed by atoms with Crippen LogP contribution in [-0.4, -0.2) is 10.9 Å². The van der Waals surface area contributed by atoms with Gasteiger partial charge in [0.15, 0.2) is 0 Å². The van der Waals surface area contributed by atoms with Crippen molar-refractivity contribution in [3.05, 3.63) is 63.8 Å². The Morgan fingerprint density at radius 2 is 1.86 bits per heavy atom. The number of aromatic amines is 1. The van der Waals surface area contributed by atoms with E-state index in [1.807, 2.05) is 43.5 Å². The van der Waals surface area contributed by atoms with Gasteiger partial charge in [0, 0.05) is 32.8 Å². The summed E-state index contributed by atoms with van der Waals surface area (Å²) in [7, 11) is 0. The molecule has 0 aliphatic rings. The van der Waals surface area contributed by atoms with Gasteiger partial charge in [-0.3, -0.25) is 4.79 Å². The van der Waals surface area contributed by atoms with Crippen LogP contribution in [-0.2, 0) is 11.2 Å². The summed E-state index contributed by atoms with van der Waals surface area (Å²) in [5.41, 5.74) is 3.59. The van der Waals surface area contributed by atoms with Crippen LogP contribution < -0.4 is 5.32 Å². The van der Waals surface area contributed by atoms with E-state index >= 15 is 0 Å². The molecule has 3 nitrogen and oxygen atoms in total. The highest BCUT2D eigenvalue weighted by molar-refractivity contribution is 6.31. The van der Waals surface area contributed by atoms with Crippen LogP contribution in [0.3, 0.4) is 0 Å². The van der Waals surface area contributed by atoms with Gasteiger partial charge >= 0.3 is 0 Å². The second-order valence-corrected chi connectivity index (χ2v) is 6.06. The molecule has 22 heavy (non-hydrogen) atoms. The standard InChI is InChI=1S/C17H14Cl2N2O/c1-10-6-12(18)2-4-15(10)21-17(22)7-11-9-20-16-5-3-13(19)8-14(11)16/h2-6,8-9,20H,7H2,1H3,(H,21,22). The molecule has 0 aliphatic carbocycles. The summed E-state index contributed by atoms with van der Waals surface area (Å²) in [6, 6.07) is 11.0. The lowest BCUT2D eigenvalue weighted by Crippen LogP contribution is -2.14. The van der Waals surface area contributed by atoms with Gasteiger partial charge in [-0.25, -0.2) is 0 Å². The predicted molar refractivity (Wildman–Crippen MR) is 91.8 cm³/mol. The normalized spacial score (nSPS) is 10.9. The monoisotopic (exact) mass is 332 g/mol. The Morgan fingerprint density at radius 1 is 1.14 bits per heavy atom. The Hall–Kier alpha value is -1.97. The molecule has 1 amide bonds. The highest BCUT2D eigenvalue weighted by Gasteiger charge is 2.10. The number of carbonyl (C=O) groups is 1. The van der Waals surface area contributed by atoms with Crippen molar-refractivity contribution in [3.8, 4) is 0 Å². The molecule has 0 atom stereocenters. The zero-order valence-corrected chi connectivity index (χ0v) is 13.4. The molecule has 5 heteroatoms. The van der Waals surface area contributed by atoms with Crippen molar-refractivity contribution in [1.82, 2.24) is 4.98 Å². The van der Waals surface area contributed by atoms with Gasteiger partial charge in [0.2, 0.25) is 5.91 Å². The summed E-state index contributed by atoms with van der Waals surface area (Å²) in [4.78, 5) is 15.4. The molecule has 0 unspecified atom stereocenters. The van der Waals surface area contributed by atoms with Crippen molar-refractivity contribution < 1.29 is 4.79 Å². The maximum absolute atomic E-state index is 12.3. The van der Waals surface area contributed by atoms with Gasteiger partial charge in [0.25, 0.3) is 0 Å². The molecule has 2 N–H and O–H groups in total. The smallest absolute Gasteiger partial charge is 0.228 e. The lowest BCUT2D eigenvalue weighted by molar-refractivity contribution is -0.115. The van der Waals surface area contributed by atoms with E-state index in [4.69, 9.17) is 23.2 Å². The molecule has 0 saturated carbocycles. The van der Waals surface area contributed by atoms with Crippen LogP contribution in [0, 0.1) is 6.92 Å². The van der Waals surface area contributed by atoms with Crippen LogP contribution in [0.25, 0.3) is 10.9 Å². The number of carbonyl (C=O) groups excluding carboxylic acids is 1. The Balaban J connectivity index is 1.79. The maximum Gasteiger partial charge on any atom is 0.228 e. The molecule has 0 saturated heterocycles. The van der Waals surface area contributed by atoms with Gasteiger partial charge in [-0.15, -0.1) is 0 Å². The van der Waals surface area contributed by atoms with Crippen LogP contribution in [0.1, 0.15) is 11.1 Å². The van der Waals surface area contributed by atoms with Gasteiger partial charge in [-0.2, -0.15) is 0 Å². The summed E-state index contributed by atoms with van der Waals surface area (Å²) in [5.74, 6) is -0.0775. The van der Waals surface area contributed by atoms with Crippen LogP contribution in [0.15, 0.2) is 42.6 Å². The average Bonchev–Trinajstić information content (AvgIpc) is 2.84. The van der Waals surface area contributed by atoms with Gasteiger partial charge in [0.1, 0.15) is 0 Å². The topological polar surface area (TPSA) is 44.9 Å². The van der Waals surface area contributed by atoms with Crippen molar-refractivity contribution in [2.45, 2.75) is 13.3 Å². The third-order valence-electron chi connectivity index (χ3n) is 3.54. The summed E-state index contributed by atoms with van der Waals surface area (Å²) >= 11 is 11.9. The Kier molecular flexibility index (Phi) is 4.10. The highest BCUT2D eigenvalue weighted by Crippen LogP contribution is 2.24. The first-order chi connectivity index (χ1) is 10.5. The van der Waals surface area contributed by atoms with Gasteiger partial charge < -0.3 is 10.3 Å². The molecule has 112 valence electrons. The van der Waals surface area contributed by atoms with E-state index in [9.17, 15) is 4.79 Å². The second kappa shape index (κ2) is 6.03. The van der Waals surface area contributed by atoms with Crippen molar-refractivity contribution in [2.24, 2.45) is 0 Å². The Morgan fingerprint density at radius 3 is 2.64 bits per heavy atom. The number of aromatic nitrogens is 1. The van der Waals surface area contributed by atoms with E-state index in [1.165, 1.54) is 0 Å². The number of rotatable bonds is 3. The van der Waals surface area contributed by atoms with Crippen LogP contribution in [0.4, 0.5) is 5.69 Å². The number of halogens is 2. The predicted octanol–water partition coefficient (Wildman–Crippen LogP) is 4.96. The molecule has 1 heterocycles. The third-order valence-corrected chi connectivity index (χ3v) is 4.01. The van der Waals surface area contributed by atoms with E-state index in [-0.39, 0.29) is 12.3 Å². The first-order valence-electron chi connectivity index (χ1n) is 6.84. The molecule has 0 bridgehead atoms. The van der Waals surface area contributed by atoms with Crippen molar-refractivity contribution >= 4 is 45.7 Å². The number of hydrogen-bond acceptors (Lipinski definition) is 1. The second-order valence-electron chi connectivity index (χ2n) is 5.19. The lowest BCUT2D eigenvalue weighted by Gasteiger charge is -2.08. The third kappa shape index (κ3) is 3.11. The van der Waals surface area contributed by atoms with Gasteiger partial charge in [-0.05, 0) is 54.4 Å². The SMILES string of the molecule is Cc1cc(Cl)ccc1NC(=O)Cc1c[nH]c2ccc(Cl)cc12. The Labute approximate surface area is 138 Å². The quantitative estimate of drug-likeness (QED) is 0.699. The molecule has 0 radical (unpaired) electrons. The van der Waals surface area contributed by atoms with E-state index < -0.39 is 0 Å². The van der Waals surface area contributed by atoms with Crippen molar-refractivity contribution in [2.75, 3.05) is 5.32 Å². The number of anilines is 1. The van der Waals surface area contributed by atoms with Crippen molar-refractivity contribution in [1.29, 1.82) is 0 Å². The zero-order valence-electron chi connectivity index (χ0n) is 11.9. The summed E-state index contributed by atoms with van der Waals surface area (Å²) in [5, 5.41) is 5.19. The largest absolute Gasteiger partial charge is 0.361 e. The first kappa shape index (κ1) is 14.9. The molecular weight excluding hydrogens is 319 g/mol. The van der Waals surface area contributed by atoms with Crippen LogP contribution >= 0.6 is 23.2 Å². The van der Waals surface area contributed by atoms with Gasteiger partial charge in [-0.1, -0.05) is 23.2 Å². The number of aryl methyl sites for hydroxylation is 1. The number of amides is 1. The molecule has 2 aromatic carbocycles. The minimum Gasteiger partial charge on any atom is -0.361 e. The minimum atomic E-state index is -0.0775. The van der Waals surface area contributed by atoms with E-state index in [1.54, 1.807) is 6.07 Å². The number of benzene rings is 2. The fourth-order valence-corrected chi connectivity index (χ4v) is 2.83. The highest BCUT2D eigenvalue weighted by atomic mass is 35.5. The molecule has 1 aromatic heterocycles. The van der Waals surface area contributed by atoms with E-state index in [0.717, 1.165) is 27.7 Å². The number of fused-ring (bicyclic) bond motifs is 1. The molecule has 0 aliphatic heterocycles. The number of nitrogens with one attached hydrogen (secondary N) is 2. The molecular formula is C17H14Cl2N2O. The maximum atomic E-state index is 12.3. The average molecular weight is 333 g/mol. The van der Waals surface area contributed by atoms with Crippen LogP contribution in [0.5, 0.6) is 0 Å². The van der Waals surface area contributed by atoms with E-state index in [2.05, 4.69) is 10.3 Å². The molecule has 0 spiro atoms. The number of hydrogen-bond donors (Lipinski definition) is 2. The Bertz CT molecular complexity index is 855. The van der Waals surface area contributed by atoms with Crippen molar-refractivity contribution in [3.63, 3.8) is 0 Å². The fourth-order valence-electron chi connectivity index (χ4n) is 2.43. The molecule has 0 fully saturated rings. The summed E-state index contributed by atoms with van der Waals surface area (Å²) in [6.45, 7) is 1.91. The van der Waals surface area contributed by atoms with Gasteiger partial charge in [0.05, 0.1) is 6.42 Å². The van der Waals surface area contributed by atoms with Crippen LogP contribution in [0.2, 0.25) is 10.0 Å². The summed E-state index contributed by atoms with van der Waals surface area (Å²) in [6.07, 6.45) is 2.12. The van der Waals surface area contributed by atoms with E-state index in [0.29, 0.717) is 10.0 Å². The number of H-pyrrole nitrogens is 1. The minimum absolute atomic E-state index is 0.0775. The molecule has 3 rings (SSSR count). The lowest BCUT2D eigenvalue weighted by atomic mass is 10.1.